The van der Waals surface area contributed by atoms with Gasteiger partial charge in [-0.1, -0.05) is 43.0 Å². The lowest BCUT2D eigenvalue weighted by molar-refractivity contribution is 0.301. The van der Waals surface area contributed by atoms with Crippen LogP contribution in [0.1, 0.15) is 43.2 Å². The molecule has 0 spiro atoms. The van der Waals surface area contributed by atoms with Crippen LogP contribution in [0.2, 0.25) is 5.02 Å². The van der Waals surface area contributed by atoms with Gasteiger partial charge >= 0.3 is 0 Å². The van der Waals surface area contributed by atoms with E-state index in [1.54, 1.807) is 0 Å². The summed E-state index contributed by atoms with van der Waals surface area (Å²) in [7, 11) is 0. The quantitative estimate of drug-likeness (QED) is 0.771. The Labute approximate surface area is 96.6 Å². The fraction of sp³-hybridized carbons (Fsp3) is 0.538. The Morgan fingerprint density at radius 3 is 2.53 bits per heavy atom. The zero-order valence-electron chi connectivity index (χ0n) is 9.22. The third-order valence-electron chi connectivity index (χ3n) is 3.55. The maximum absolute atomic E-state index is 6.49. The van der Waals surface area contributed by atoms with Gasteiger partial charge in [0.1, 0.15) is 0 Å². The molecule has 0 heterocycles. The molecule has 1 saturated carbocycles. The molecule has 2 rings (SSSR count). The predicted molar refractivity (Wildman–Crippen MR) is 65.1 cm³/mol. The molecule has 2 N–H and O–H groups in total. The molecular weight excluding hydrogens is 206 g/mol. The molecule has 0 unspecified atom stereocenters. The van der Waals surface area contributed by atoms with E-state index in [9.17, 15) is 0 Å². The third-order valence-corrected chi connectivity index (χ3v) is 3.96. The number of nitrogens with two attached hydrogens (primary N) is 1. The second kappa shape index (κ2) is 4.15. The van der Waals surface area contributed by atoms with Crippen molar-refractivity contribution in [3.05, 3.63) is 34.3 Å². The van der Waals surface area contributed by atoms with E-state index in [1.165, 1.54) is 24.8 Å². The molecule has 1 fully saturated rings. The van der Waals surface area contributed by atoms with Gasteiger partial charge in [-0.3, -0.25) is 0 Å². The SMILES string of the molecule is Cc1c(Cl)cccc1C1(N)CCCCC1. The van der Waals surface area contributed by atoms with Gasteiger partial charge in [0.15, 0.2) is 0 Å². The van der Waals surface area contributed by atoms with Gasteiger partial charge < -0.3 is 5.73 Å². The number of hydrogen-bond donors (Lipinski definition) is 1. The van der Waals surface area contributed by atoms with Crippen molar-refractivity contribution in [1.82, 2.24) is 0 Å². The molecule has 82 valence electrons. The topological polar surface area (TPSA) is 26.0 Å². The number of hydrogen-bond acceptors (Lipinski definition) is 1. The highest BCUT2D eigenvalue weighted by molar-refractivity contribution is 6.31. The van der Waals surface area contributed by atoms with Crippen molar-refractivity contribution < 1.29 is 0 Å². The van der Waals surface area contributed by atoms with E-state index >= 15 is 0 Å². The van der Waals surface area contributed by atoms with Crippen LogP contribution in [0.3, 0.4) is 0 Å². The summed E-state index contributed by atoms with van der Waals surface area (Å²) >= 11 is 6.14. The minimum Gasteiger partial charge on any atom is -0.321 e. The summed E-state index contributed by atoms with van der Waals surface area (Å²) in [4.78, 5) is 0. The van der Waals surface area contributed by atoms with Crippen molar-refractivity contribution >= 4 is 11.6 Å². The van der Waals surface area contributed by atoms with Crippen LogP contribution in [-0.2, 0) is 5.54 Å². The van der Waals surface area contributed by atoms with Crippen LogP contribution in [0.5, 0.6) is 0 Å². The Kier molecular flexibility index (Phi) is 3.03. The summed E-state index contributed by atoms with van der Waals surface area (Å²) in [6.07, 6.45) is 5.98. The molecule has 1 aromatic carbocycles. The highest BCUT2D eigenvalue weighted by atomic mass is 35.5. The van der Waals surface area contributed by atoms with Crippen LogP contribution in [0.25, 0.3) is 0 Å². The fourth-order valence-corrected chi connectivity index (χ4v) is 2.77. The number of halogens is 1. The van der Waals surface area contributed by atoms with Gasteiger partial charge in [0.05, 0.1) is 0 Å². The Bertz CT molecular complexity index is 354. The molecule has 1 aliphatic carbocycles. The standard InChI is InChI=1S/C13H18ClN/c1-10-11(6-5-7-12(10)14)13(15)8-3-2-4-9-13/h5-7H,2-4,8-9,15H2,1H3. The normalized spacial score (nSPS) is 20.2. The molecule has 0 saturated heterocycles. The first-order valence-electron chi connectivity index (χ1n) is 5.68. The first-order chi connectivity index (χ1) is 7.13. The van der Waals surface area contributed by atoms with Gasteiger partial charge in [-0.25, -0.2) is 0 Å². The summed E-state index contributed by atoms with van der Waals surface area (Å²) in [6.45, 7) is 2.07. The van der Waals surface area contributed by atoms with Crippen LogP contribution >= 0.6 is 11.6 Å². The van der Waals surface area contributed by atoms with Gasteiger partial charge in [0, 0.05) is 10.6 Å². The minimum atomic E-state index is -0.132. The van der Waals surface area contributed by atoms with Crippen LogP contribution in [0.15, 0.2) is 18.2 Å². The summed E-state index contributed by atoms with van der Waals surface area (Å²) in [6, 6.07) is 6.08. The summed E-state index contributed by atoms with van der Waals surface area (Å²) in [5.74, 6) is 0. The lowest BCUT2D eigenvalue weighted by Crippen LogP contribution is -2.39. The molecule has 1 aromatic rings. The molecule has 1 nitrogen and oxygen atoms in total. The van der Waals surface area contributed by atoms with Gasteiger partial charge in [-0.05, 0) is 37.0 Å². The van der Waals surface area contributed by atoms with E-state index in [1.807, 2.05) is 12.1 Å². The fourth-order valence-electron chi connectivity index (χ4n) is 2.60. The van der Waals surface area contributed by atoms with Crippen molar-refractivity contribution in [3.8, 4) is 0 Å². The minimum absolute atomic E-state index is 0.132. The van der Waals surface area contributed by atoms with Crippen molar-refractivity contribution in [3.63, 3.8) is 0 Å². The third kappa shape index (κ3) is 2.04. The molecule has 1 aliphatic rings. The smallest absolute Gasteiger partial charge is 0.0438 e. The Morgan fingerprint density at radius 2 is 1.87 bits per heavy atom. The van der Waals surface area contributed by atoms with Gasteiger partial charge in [0.25, 0.3) is 0 Å². The van der Waals surface area contributed by atoms with Gasteiger partial charge in [-0.15, -0.1) is 0 Å². The van der Waals surface area contributed by atoms with E-state index in [4.69, 9.17) is 17.3 Å². The highest BCUT2D eigenvalue weighted by Gasteiger charge is 2.30. The van der Waals surface area contributed by atoms with E-state index in [0.717, 1.165) is 23.4 Å². The number of rotatable bonds is 1. The van der Waals surface area contributed by atoms with Crippen LogP contribution in [-0.4, -0.2) is 0 Å². The maximum Gasteiger partial charge on any atom is 0.0438 e. The average Bonchev–Trinajstić information content (AvgIpc) is 2.23. The predicted octanol–water partition coefficient (Wildman–Crippen LogP) is 3.77. The molecule has 0 atom stereocenters. The van der Waals surface area contributed by atoms with Crippen LogP contribution < -0.4 is 5.73 Å². The maximum atomic E-state index is 6.49. The molecule has 0 radical (unpaired) electrons. The van der Waals surface area contributed by atoms with Crippen LogP contribution in [0.4, 0.5) is 0 Å². The van der Waals surface area contributed by atoms with Crippen molar-refractivity contribution in [2.24, 2.45) is 5.73 Å². The average molecular weight is 224 g/mol. The Morgan fingerprint density at radius 1 is 1.20 bits per heavy atom. The molecular formula is C13H18ClN. The monoisotopic (exact) mass is 223 g/mol. The summed E-state index contributed by atoms with van der Waals surface area (Å²) < 4.78 is 0. The zero-order valence-corrected chi connectivity index (χ0v) is 9.98. The Hall–Kier alpha value is -0.530. The zero-order chi connectivity index (χ0) is 10.9. The summed E-state index contributed by atoms with van der Waals surface area (Å²) in [5.41, 5.74) is 8.76. The van der Waals surface area contributed by atoms with E-state index < -0.39 is 0 Å². The molecule has 0 aromatic heterocycles. The number of benzene rings is 1. The van der Waals surface area contributed by atoms with E-state index in [0.29, 0.717) is 0 Å². The molecule has 0 amide bonds. The molecule has 0 bridgehead atoms. The molecule has 0 aliphatic heterocycles. The molecule has 15 heavy (non-hydrogen) atoms. The van der Waals surface area contributed by atoms with Gasteiger partial charge in [-0.2, -0.15) is 0 Å². The summed E-state index contributed by atoms with van der Waals surface area (Å²) in [5, 5.41) is 0.836. The Balaban J connectivity index is 2.39. The first kappa shape index (κ1) is 11.0. The van der Waals surface area contributed by atoms with Crippen molar-refractivity contribution in [2.75, 3.05) is 0 Å². The van der Waals surface area contributed by atoms with Crippen molar-refractivity contribution in [2.45, 2.75) is 44.6 Å². The second-order valence-electron chi connectivity index (χ2n) is 4.63. The second-order valence-corrected chi connectivity index (χ2v) is 5.04. The van der Waals surface area contributed by atoms with E-state index in [-0.39, 0.29) is 5.54 Å². The lowest BCUT2D eigenvalue weighted by Gasteiger charge is -2.35. The van der Waals surface area contributed by atoms with Crippen LogP contribution in [0, 0.1) is 6.92 Å². The largest absolute Gasteiger partial charge is 0.321 e. The first-order valence-corrected chi connectivity index (χ1v) is 6.06. The van der Waals surface area contributed by atoms with E-state index in [2.05, 4.69) is 13.0 Å². The van der Waals surface area contributed by atoms with Crippen molar-refractivity contribution in [1.29, 1.82) is 0 Å². The highest BCUT2D eigenvalue weighted by Crippen LogP contribution is 2.37. The lowest BCUT2D eigenvalue weighted by atomic mass is 9.76. The molecule has 2 heteroatoms. The van der Waals surface area contributed by atoms with Gasteiger partial charge in [0.2, 0.25) is 0 Å².